The summed E-state index contributed by atoms with van der Waals surface area (Å²) in [5, 5.41) is 19.5. The van der Waals surface area contributed by atoms with E-state index in [2.05, 4.69) is 35.6 Å². The van der Waals surface area contributed by atoms with Crippen LogP contribution in [0.1, 0.15) is 48.9 Å². The molecule has 1 amide bonds. The van der Waals surface area contributed by atoms with Gasteiger partial charge in [-0.1, -0.05) is 18.3 Å². The molecule has 3 rings (SSSR count). The summed E-state index contributed by atoms with van der Waals surface area (Å²) in [7, 11) is 0. The molecule has 1 fully saturated rings. The zero-order chi connectivity index (χ0) is 16.2. The zero-order valence-corrected chi connectivity index (χ0v) is 14.2. The molecule has 2 aromatic heterocycles. The van der Waals surface area contributed by atoms with E-state index in [4.69, 9.17) is 0 Å². The number of carbonyl (C=O) groups excluding carboxylic acids is 1. The van der Waals surface area contributed by atoms with Crippen LogP contribution in [-0.4, -0.2) is 49.3 Å². The van der Waals surface area contributed by atoms with Gasteiger partial charge in [0.05, 0.1) is 6.04 Å². The minimum Gasteiger partial charge on any atom is -0.300 e. The van der Waals surface area contributed by atoms with E-state index in [9.17, 15) is 4.79 Å². The summed E-state index contributed by atoms with van der Waals surface area (Å²) in [5.41, 5.74) is 0. The molecule has 0 unspecified atom stereocenters. The molecule has 0 aromatic carbocycles. The second-order valence-corrected chi connectivity index (χ2v) is 6.69. The number of likely N-dealkylation sites (tertiary alicyclic amines) is 1. The fourth-order valence-corrected chi connectivity index (χ4v) is 3.46. The number of rotatable bonds is 6. The number of aromatic amines is 1. The fourth-order valence-electron chi connectivity index (χ4n) is 2.77. The van der Waals surface area contributed by atoms with E-state index in [1.807, 2.05) is 13.8 Å². The van der Waals surface area contributed by atoms with Crippen molar-refractivity contribution in [1.82, 2.24) is 30.3 Å². The maximum absolute atomic E-state index is 12.1. The average molecular weight is 335 g/mol. The van der Waals surface area contributed by atoms with Gasteiger partial charge >= 0.3 is 0 Å². The predicted octanol–water partition coefficient (Wildman–Crippen LogP) is 1.69. The molecule has 0 radical (unpaired) electrons. The topological polar surface area (TPSA) is 99.7 Å². The summed E-state index contributed by atoms with van der Waals surface area (Å²) in [5.74, 6) is 1.63. The molecule has 3 heterocycles. The maximum atomic E-state index is 12.1. The Kier molecular flexibility index (Phi) is 4.97. The second-order valence-electron chi connectivity index (χ2n) is 5.63. The summed E-state index contributed by atoms with van der Waals surface area (Å²) in [6, 6.07) is 0.209. The summed E-state index contributed by atoms with van der Waals surface area (Å²) >= 11 is 1.43. The summed E-state index contributed by atoms with van der Waals surface area (Å²) in [4.78, 5) is 18.8. The Labute approximate surface area is 138 Å². The Hall–Kier alpha value is -1.87. The molecule has 0 bridgehead atoms. The minimum absolute atomic E-state index is 0.0272. The molecule has 23 heavy (non-hydrogen) atoms. The van der Waals surface area contributed by atoms with Crippen molar-refractivity contribution < 1.29 is 4.79 Å². The molecule has 1 saturated heterocycles. The van der Waals surface area contributed by atoms with Crippen LogP contribution in [0.5, 0.6) is 0 Å². The molecule has 0 aliphatic carbocycles. The normalized spacial score (nSPS) is 18.4. The average Bonchev–Trinajstić information content (AvgIpc) is 3.25. The number of nitrogens with one attached hydrogen (secondary N) is 2. The molecule has 9 heteroatoms. The lowest BCUT2D eigenvalue weighted by Crippen LogP contribution is -2.28. The Morgan fingerprint density at radius 2 is 2.35 bits per heavy atom. The van der Waals surface area contributed by atoms with Crippen molar-refractivity contribution in [3.63, 3.8) is 0 Å². The highest BCUT2D eigenvalue weighted by Gasteiger charge is 2.29. The molecule has 2 aromatic rings. The Balaban J connectivity index is 1.51. The van der Waals surface area contributed by atoms with E-state index in [0.29, 0.717) is 18.1 Å². The number of anilines is 1. The monoisotopic (exact) mass is 335 g/mol. The fraction of sp³-hybridized carbons (Fsp3) is 0.643. The van der Waals surface area contributed by atoms with Crippen molar-refractivity contribution in [2.45, 2.75) is 45.6 Å². The first-order valence-electron chi connectivity index (χ1n) is 7.91. The maximum Gasteiger partial charge on any atom is 0.227 e. The van der Waals surface area contributed by atoms with E-state index < -0.39 is 0 Å². The number of hydrogen-bond acceptors (Lipinski definition) is 7. The number of hydrogen-bond donors (Lipinski definition) is 2. The molecular weight excluding hydrogens is 314 g/mol. The van der Waals surface area contributed by atoms with Gasteiger partial charge in [0.15, 0.2) is 5.82 Å². The Morgan fingerprint density at radius 1 is 1.48 bits per heavy atom. The van der Waals surface area contributed by atoms with Crippen LogP contribution in [0, 0.1) is 6.92 Å². The lowest BCUT2D eigenvalue weighted by molar-refractivity contribution is -0.116. The number of nitrogens with zero attached hydrogens (tertiary/aromatic N) is 5. The Morgan fingerprint density at radius 3 is 3.04 bits per heavy atom. The van der Waals surface area contributed by atoms with Gasteiger partial charge in [-0.05, 0) is 32.7 Å². The highest BCUT2D eigenvalue weighted by atomic mass is 32.1. The molecule has 124 valence electrons. The third-order valence-corrected chi connectivity index (χ3v) is 4.90. The molecule has 0 spiro atoms. The van der Waals surface area contributed by atoms with E-state index in [1.54, 1.807) is 0 Å². The van der Waals surface area contributed by atoms with Gasteiger partial charge in [0.1, 0.15) is 10.8 Å². The van der Waals surface area contributed by atoms with Crippen molar-refractivity contribution >= 4 is 22.4 Å². The lowest BCUT2D eigenvalue weighted by Gasteiger charge is -2.21. The molecule has 1 atom stereocenters. The van der Waals surface area contributed by atoms with Gasteiger partial charge in [0.2, 0.25) is 11.0 Å². The van der Waals surface area contributed by atoms with Crippen molar-refractivity contribution in [3.05, 3.63) is 16.7 Å². The van der Waals surface area contributed by atoms with Gasteiger partial charge < -0.3 is 5.32 Å². The minimum atomic E-state index is -0.0272. The van der Waals surface area contributed by atoms with Crippen LogP contribution in [0.3, 0.4) is 0 Å². The third kappa shape index (κ3) is 3.91. The predicted molar refractivity (Wildman–Crippen MR) is 87.2 cm³/mol. The second kappa shape index (κ2) is 7.14. The third-order valence-electron chi connectivity index (χ3n) is 3.92. The van der Waals surface area contributed by atoms with Crippen molar-refractivity contribution in [3.8, 4) is 0 Å². The number of aromatic nitrogens is 5. The van der Waals surface area contributed by atoms with E-state index in [1.165, 1.54) is 11.3 Å². The van der Waals surface area contributed by atoms with Gasteiger partial charge in [0, 0.05) is 13.0 Å². The number of amides is 1. The number of carbonyl (C=O) groups is 1. The summed E-state index contributed by atoms with van der Waals surface area (Å²) in [6.07, 6.45) is 3.41. The first kappa shape index (κ1) is 16.0. The van der Waals surface area contributed by atoms with Crippen LogP contribution >= 0.6 is 11.3 Å². The van der Waals surface area contributed by atoms with Crippen LogP contribution in [0.2, 0.25) is 0 Å². The molecule has 8 nitrogen and oxygen atoms in total. The van der Waals surface area contributed by atoms with Crippen LogP contribution < -0.4 is 5.32 Å². The molecule has 1 aliphatic rings. The number of H-pyrrole nitrogens is 1. The van der Waals surface area contributed by atoms with Gasteiger partial charge in [-0.3, -0.25) is 14.8 Å². The summed E-state index contributed by atoms with van der Waals surface area (Å²) in [6.45, 7) is 5.59. The molecule has 1 aliphatic heterocycles. The Bertz CT molecular complexity index is 668. The summed E-state index contributed by atoms with van der Waals surface area (Å²) < 4.78 is 0. The quantitative estimate of drug-likeness (QED) is 0.833. The van der Waals surface area contributed by atoms with E-state index in [-0.39, 0.29) is 11.9 Å². The highest BCUT2D eigenvalue weighted by Crippen LogP contribution is 2.29. The lowest BCUT2D eigenvalue weighted by atomic mass is 10.2. The van der Waals surface area contributed by atoms with Gasteiger partial charge in [-0.2, -0.15) is 5.10 Å². The van der Waals surface area contributed by atoms with Crippen LogP contribution in [-0.2, 0) is 11.2 Å². The zero-order valence-electron chi connectivity index (χ0n) is 13.4. The first-order valence-corrected chi connectivity index (χ1v) is 8.72. The molecular formula is C14H21N7OS. The van der Waals surface area contributed by atoms with Crippen molar-refractivity contribution in [1.29, 1.82) is 0 Å². The van der Waals surface area contributed by atoms with Crippen LogP contribution in [0.25, 0.3) is 0 Å². The van der Waals surface area contributed by atoms with Gasteiger partial charge in [-0.15, -0.1) is 10.2 Å². The van der Waals surface area contributed by atoms with E-state index >= 15 is 0 Å². The standard InChI is InChI=1S/C14H21N7OS/c1-3-12-18-20-14(23-12)16-11(22)6-8-21-7-4-5-10(21)13-15-9(2)17-19-13/h10H,3-8H2,1-2H3,(H,15,17,19)(H,16,20,22)/t10-/m0/s1. The van der Waals surface area contributed by atoms with Crippen LogP contribution in [0.15, 0.2) is 0 Å². The largest absolute Gasteiger partial charge is 0.300 e. The van der Waals surface area contributed by atoms with Crippen molar-refractivity contribution in [2.24, 2.45) is 0 Å². The SMILES string of the molecule is CCc1nnc(NC(=O)CCN2CCC[C@H]2c2n[nH]c(C)n2)s1. The molecule has 0 saturated carbocycles. The number of aryl methyl sites for hydroxylation is 2. The van der Waals surface area contributed by atoms with Gasteiger partial charge in [0.25, 0.3) is 0 Å². The molecule has 2 N–H and O–H groups in total. The highest BCUT2D eigenvalue weighted by molar-refractivity contribution is 7.15. The first-order chi connectivity index (χ1) is 11.2. The van der Waals surface area contributed by atoms with Gasteiger partial charge in [-0.25, -0.2) is 4.98 Å². The van der Waals surface area contributed by atoms with Crippen LogP contribution in [0.4, 0.5) is 5.13 Å². The smallest absolute Gasteiger partial charge is 0.227 e. The van der Waals surface area contributed by atoms with Crippen molar-refractivity contribution in [2.75, 3.05) is 18.4 Å². The van der Waals surface area contributed by atoms with E-state index in [0.717, 1.165) is 42.5 Å².